The first-order valence-electron chi connectivity index (χ1n) is 14.6. The number of fused-ring (bicyclic) bond motifs is 1. The van der Waals surface area contributed by atoms with Gasteiger partial charge in [0.15, 0.2) is 12.3 Å². The highest BCUT2D eigenvalue weighted by Gasteiger charge is 2.48. The number of likely N-dealkylation sites (tertiary alicyclic amines) is 1. The molecule has 2 saturated heterocycles. The third-order valence-corrected chi connectivity index (χ3v) is 8.28. The fraction of sp³-hybridized carbons (Fsp3) is 0.467. The minimum absolute atomic E-state index is 0.0536. The summed E-state index contributed by atoms with van der Waals surface area (Å²) in [7, 11) is 7.03. The van der Waals surface area contributed by atoms with E-state index in [-0.39, 0.29) is 6.04 Å². The van der Waals surface area contributed by atoms with Crippen LogP contribution in [0.15, 0.2) is 43.0 Å². The van der Waals surface area contributed by atoms with Gasteiger partial charge >= 0.3 is 0 Å². The van der Waals surface area contributed by atoms with Crippen molar-refractivity contribution < 1.29 is 29.2 Å². The van der Waals surface area contributed by atoms with Gasteiger partial charge in [-0.2, -0.15) is 5.10 Å². The molecule has 0 spiro atoms. The molecule has 5 heterocycles. The molecule has 14 heteroatoms. The number of ether oxygens (including phenoxy) is 3. The van der Waals surface area contributed by atoms with E-state index in [1.165, 1.54) is 6.33 Å². The number of aryl methyl sites for hydroxylation is 1. The number of nitrogens with one attached hydrogen (secondary N) is 2. The normalized spacial score (nSPS) is 24.0. The van der Waals surface area contributed by atoms with Crippen molar-refractivity contribution in [1.29, 1.82) is 0 Å². The molecule has 4 aromatic rings. The van der Waals surface area contributed by atoms with E-state index in [4.69, 9.17) is 14.2 Å². The van der Waals surface area contributed by atoms with Gasteiger partial charge in [0.05, 0.1) is 25.3 Å². The minimum Gasteiger partial charge on any atom is -0.497 e. The molecule has 14 nitrogen and oxygen atoms in total. The molecule has 0 unspecified atom stereocenters. The average molecular weight is 607 g/mol. The van der Waals surface area contributed by atoms with Gasteiger partial charge in [-0.3, -0.25) is 9.48 Å². The second-order valence-corrected chi connectivity index (χ2v) is 11.3. The molecule has 6 rings (SSSR count). The SMILES string of the molecule is COc1ccc(CNc2ncnc3c2c(-c2ccn(C)n2)cn3[C@@H]2O[C@H](C(=O)N[C@@H]3CCCN(C)C3)[C@@H](O)[C@H]2O)c(OC)c1. The second-order valence-electron chi connectivity index (χ2n) is 11.3. The predicted octanol–water partition coefficient (Wildman–Crippen LogP) is 1.29. The molecule has 4 N–H and O–H groups in total. The van der Waals surface area contributed by atoms with Crippen LogP contribution in [0.3, 0.4) is 0 Å². The van der Waals surface area contributed by atoms with Crippen molar-refractivity contribution in [3.63, 3.8) is 0 Å². The maximum atomic E-state index is 13.2. The lowest BCUT2D eigenvalue weighted by Crippen LogP contribution is -2.51. The number of aliphatic hydroxyl groups excluding tert-OH is 2. The molecule has 0 radical (unpaired) electrons. The van der Waals surface area contributed by atoms with Gasteiger partial charge in [-0.1, -0.05) is 0 Å². The third kappa shape index (κ3) is 5.68. The van der Waals surface area contributed by atoms with E-state index < -0.39 is 30.4 Å². The first-order valence-corrected chi connectivity index (χ1v) is 14.6. The standard InChI is InChI=1S/C30H38N8O6/c1-36-10-5-6-18(14-36)34-29(41)26-24(39)25(40)30(44-26)38-15-20(21-9-11-37(2)35-21)23-27(32-16-33-28(23)38)31-13-17-7-8-19(42-3)12-22(17)43-4/h7-9,11-12,15-16,18,24-26,30,39-40H,5-6,10,13-14H2,1-4H3,(H,34,41)(H,31,32,33)/t18-,24+,25-,26+,30-/m1/s1. The van der Waals surface area contributed by atoms with E-state index in [0.717, 1.165) is 24.9 Å². The zero-order valence-electron chi connectivity index (χ0n) is 25.2. The van der Waals surface area contributed by atoms with Crippen LogP contribution in [0.5, 0.6) is 11.5 Å². The maximum Gasteiger partial charge on any atom is 0.252 e. The van der Waals surface area contributed by atoms with E-state index in [1.54, 1.807) is 29.7 Å². The van der Waals surface area contributed by atoms with E-state index >= 15 is 0 Å². The fourth-order valence-corrected chi connectivity index (χ4v) is 6.02. The highest BCUT2D eigenvalue weighted by atomic mass is 16.6. The fourth-order valence-electron chi connectivity index (χ4n) is 6.02. The van der Waals surface area contributed by atoms with Gasteiger partial charge in [0.25, 0.3) is 5.91 Å². The van der Waals surface area contributed by atoms with Crippen LogP contribution in [-0.2, 0) is 23.1 Å². The van der Waals surface area contributed by atoms with Crippen LogP contribution in [0.25, 0.3) is 22.3 Å². The summed E-state index contributed by atoms with van der Waals surface area (Å²) in [5.41, 5.74) is 2.67. The number of piperidine rings is 1. The number of rotatable bonds is 9. The number of carbonyl (C=O) groups excluding carboxylic acids is 1. The summed E-state index contributed by atoms with van der Waals surface area (Å²) < 4.78 is 20.3. The largest absolute Gasteiger partial charge is 0.497 e. The third-order valence-electron chi connectivity index (χ3n) is 8.28. The summed E-state index contributed by atoms with van der Waals surface area (Å²) in [5, 5.41) is 33.7. The first kappa shape index (κ1) is 29.8. The van der Waals surface area contributed by atoms with Crippen LogP contribution in [0.1, 0.15) is 24.6 Å². The molecule has 2 fully saturated rings. The summed E-state index contributed by atoms with van der Waals surface area (Å²) >= 11 is 0. The molecular formula is C30H38N8O6. The lowest BCUT2D eigenvalue weighted by Gasteiger charge is -2.31. The molecule has 2 aliphatic rings. The number of hydrogen-bond acceptors (Lipinski definition) is 11. The number of aliphatic hydroxyl groups is 2. The monoisotopic (exact) mass is 606 g/mol. The van der Waals surface area contributed by atoms with Crippen LogP contribution in [-0.4, -0.2) is 104 Å². The lowest BCUT2D eigenvalue weighted by molar-refractivity contribution is -0.138. The van der Waals surface area contributed by atoms with Crippen molar-refractivity contribution in [1.82, 2.24) is 34.5 Å². The number of anilines is 1. The highest BCUT2D eigenvalue weighted by Crippen LogP contribution is 2.39. The molecular weight excluding hydrogens is 568 g/mol. The summed E-state index contributed by atoms with van der Waals surface area (Å²) in [6, 6.07) is 7.39. The van der Waals surface area contributed by atoms with Gasteiger partial charge in [0.2, 0.25) is 0 Å². The summed E-state index contributed by atoms with van der Waals surface area (Å²) in [6.45, 7) is 2.07. The number of nitrogens with zero attached hydrogens (tertiary/aromatic N) is 6. The molecule has 0 aliphatic carbocycles. The molecule has 0 saturated carbocycles. The van der Waals surface area contributed by atoms with Crippen LogP contribution in [0.2, 0.25) is 0 Å². The molecule has 2 aliphatic heterocycles. The number of likely N-dealkylation sites (N-methyl/N-ethyl adjacent to an activating group) is 1. The minimum atomic E-state index is -1.43. The molecule has 5 atom stereocenters. The van der Waals surface area contributed by atoms with Crippen molar-refractivity contribution in [3.8, 4) is 22.8 Å². The maximum absolute atomic E-state index is 13.2. The van der Waals surface area contributed by atoms with Crippen molar-refractivity contribution >= 4 is 22.8 Å². The Kier molecular flexibility index (Phi) is 8.40. The molecule has 0 bridgehead atoms. The number of aromatic nitrogens is 5. The van der Waals surface area contributed by atoms with E-state index in [2.05, 4.69) is 30.6 Å². The average Bonchev–Trinajstić information content (AvgIpc) is 3.71. The van der Waals surface area contributed by atoms with Gasteiger partial charge in [-0.05, 0) is 44.6 Å². The number of benzene rings is 1. The van der Waals surface area contributed by atoms with Crippen molar-refractivity contribution in [2.24, 2.45) is 7.05 Å². The van der Waals surface area contributed by atoms with E-state index in [1.807, 2.05) is 44.6 Å². The van der Waals surface area contributed by atoms with Crippen LogP contribution >= 0.6 is 0 Å². The molecule has 1 amide bonds. The Bertz CT molecular complexity index is 1640. The quantitative estimate of drug-likeness (QED) is 0.217. The highest BCUT2D eigenvalue weighted by molar-refractivity contribution is 6.00. The lowest BCUT2D eigenvalue weighted by atomic mass is 10.0. The van der Waals surface area contributed by atoms with Gasteiger partial charge < -0.3 is 44.5 Å². The Morgan fingerprint density at radius 3 is 2.70 bits per heavy atom. The molecule has 44 heavy (non-hydrogen) atoms. The van der Waals surface area contributed by atoms with Crippen molar-refractivity contribution in [2.75, 3.05) is 39.7 Å². The number of hydrogen-bond donors (Lipinski definition) is 4. The Hall–Kier alpha value is -4.24. The molecule has 234 valence electrons. The Morgan fingerprint density at radius 2 is 1.98 bits per heavy atom. The second kappa shape index (κ2) is 12.4. The van der Waals surface area contributed by atoms with Gasteiger partial charge in [-0.15, -0.1) is 0 Å². The van der Waals surface area contributed by atoms with Crippen LogP contribution < -0.4 is 20.1 Å². The smallest absolute Gasteiger partial charge is 0.252 e. The van der Waals surface area contributed by atoms with Gasteiger partial charge in [0, 0.05) is 55.8 Å². The van der Waals surface area contributed by atoms with E-state index in [0.29, 0.717) is 52.7 Å². The number of methoxy groups -OCH3 is 2. The van der Waals surface area contributed by atoms with E-state index in [9.17, 15) is 15.0 Å². The summed E-state index contributed by atoms with van der Waals surface area (Å²) in [4.78, 5) is 24.4. The van der Waals surface area contributed by atoms with Crippen molar-refractivity contribution in [2.45, 2.75) is 50.0 Å². The molecule has 1 aromatic carbocycles. The predicted molar refractivity (Wildman–Crippen MR) is 161 cm³/mol. The zero-order valence-corrected chi connectivity index (χ0v) is 25.2. The van der Waals surface area contributed by atoms with Gasteiger partial charge in [0.1, 0.15) is 41.5 Å². The van der Waals surface area contributed by atoms with Crippen LogP contribution in [0.4, 0.5) is 5.82 Å². The number of carbonyl (C=O) groups is 1. The Morgan fingerprint density at radius 1 is 1.14 bits per heavy atom. The molecule has 3 aromatic heterocycles. The van der Waals surface area contributed by atoms with Gasteiger partial charge in [-0.25, -0.2) is 9.97 Å². The Labute approximate surface area is 254 Å². The first-order chi connectivity index (χ1) is 21.3. The topological polar surface area (TPSA) is 161 Å². The zero-order chi connectivity index (χ0) is 31.0. The summed E-state index contributed by atoms with van der Waals surface area (Å²) in [5.74, 6) is 1.41. The van der Waals surface area contributed by atoms with Crippen LogP contribution in [0, 0.1) is 0 Å². The summed E-state index contributed by atoms with van der Waals surface area (Å²) in [6.07, 6.45) is 1.66. The number of amides is 1. The van der Waals surface area contributed by atoms with Crippen molar-refractivity contribution in [3.05, 3.63) is 48.5 Å². The Balaban J connectivity index is 1.33.